The van der Waals surface area contributed by atoms with E-state index in [2.05, 4.69) is 36.2 Å². The summed E-state index contributed by atoms with van der Waals surface area (Å²) in [5, 5.41) is 1.10. The van der Waals surface area contributed by atoms with Crippen LogP contribution in [0.25, 0.3) is 10.9 Å². The summed E-state index contributed by atoms with van der Waals surface area (Å²) in [5.41, 5.74) is 1.93. The van der Waals surface area contributed by atoms with Crippen LogP contribution < -0.4 is 4.90 Å². The molecule has 1 amide bonds. The van der Waals surface area contributed by atoms with Gasteiger partial charge in [-0.2, -0.15) is 0 Å². The van der Waals surface area contributed by atoms with Crippen molar-refractivity contribution in [2.75, 3.05) is 4.90 Å². The van der Waals surface area contributed by atoms with Crippen molar-refractivity contribution in [1.29, 1.82) is 0 Å². The summed E-state index contributed by atoms with van der Waals surface area (Å²) in [6.07, 6.45) is 28.5. The van der Waals surface area contributed by atoms with Gasteiger partial charge in [-0.15, -0.1) is 0 Å². The minimum atomic E-state index is 0.240. The average molecular weight is 463 g/mol. The van der Waals surface area contributed by atoms with Crippen molar-refractivity contribution >= 4 is 22.5 Å². The molecule has 0 radical (unpaired) electrons. The lowest BCUT2D eigenvalue weighted by Gasteiger charge is -2.41. The van der Waals surface area contributed by atoms with Crippen LogP contribution in [-0.4, -0.2) is 16.9 Å². The van der Waals surface area contributed by atoms with Crippen LogP contribution in [0.4, 0.5) is 5.69 Å². The molecular formula is C31H46N2O. The number of para-hydroxylation sites is 1. The number of fused-ring (bicyclic) bond motifs is 1. The molecule has 0 N–H and O–H groups in total. The number of β-lactam (4-membered cyclic amide) rings is 1. The predicted molar refractivity (Wildman–Crippen MR) is 146 cm³/mol. The number of unbranched alkanes of at least 4 members (excludes halogenated alkanes) is 13. The van der Waals surface area contributed by atoms with Crippen molar-refractivity contribution in [2.45, 2.75) is 122 Å². The van der Waals surface area contributed by atoms with E-state index in [0.717, 1.165) is 23.0 Å². The summed E-state index contributed by atoms with van der Waals surface area (Å²) in [4.78, 5) is 18.9. The number of rotatable bonds is 18. The molecule has 2 heterocycles. The molecule has 3 rings (SSSR count). The van der Waals surface area contributed by atoms with Gasteiger partial charge in [0, 0.05) is 24.0 Å². The Hall–Kier alpha value is -2.16. The van der Waals surface area contributed by atoms with Crippen molar-refractivity contribution in [3.8, 4) is 0 Å². The average Bonchev–Trinajstić information content (AvgIpc) is 2.85. The largest absolute Gasteiger partial charge is 0.307 e. The first-order valence-electron chi connectivity index (χ1n) is 14.1. The van der Waals surface area contributed by atoms with Crippen LogP contribution in [0.15, 0.2) is 48.7 Å². The highest BCUT2D eigenvalue weighted by atomic mass is 16.2. The van der Waals surface area contributed by atoms with E-state index in [1.165, 1.54) is 96.3 Å². The molecular weight excluding hydrogens is 416 g/mol. The third kappa shape index (κ3) is 8.56. The molecule has 0 spiro atoms. The third-order valence-electron chi connectivity index (χ3n) is 7.21. The summed E-state index contributed by atoms with van der Waals surface area (Å²) in [7, 11) is 0. The molecule has 34 heavy (non-hydrogen) atoms. The zero-order valence-corrected chi connectivity index (χ0v) is 21.5. The maximum absolute atomic E-state index is 12.4. The van der Waals surface area contributed by atoms with Crippen LogP contribution in [0.3, 0.4) is 0 Å². The standard InChI is InChI=1S/C31H46N2O/c1-2-3-4-5-6-7-8-9-10-11-12-13-14-15-16-17-18-23-28-26-30(34)33(28)29-24-19-21-27-22-20-25-32-31(27)29/h9-10,19-22,24-25,28H,2-8,11-18,23,26H2,1H3/b10-9-. The summed E-state index contributed by atoms with van der Waals surface area (Å²) >= 11 is 0. The van der Waals surface area contributed by atoms with Gasteiger partial charge in [-0.1, -0.05) is 108 Å². The number of hydrogen-bond acceptors (Lipinski definition) is 2. The van der Waals surface area contributed by atoms with Gasteiger partial charge in [0.25, 0.3) is 0 Å². The van der Waals surface area contributed by atoms with E-state index in [1.807, 2.05) is 29.3 Å². The number of anilines is 1. The lowest BCUT2D eigenvalue weighted by molar-refractivity contribution is -0.124. The van der Waals surface area contributed by atoms with Crippen molar-refractivity contribution in [2.24, 2.45) is 0 Å². The summed E-state index contributed by atoms with van der Waals surface area (Å²) < 4.78 is 0. The van der Waals surface area contributed by atoms with Crippen molar-refractivity contribution in [1.82, 2.24) is 4.98 Å². The third-order valence-corrected chi connectivity index (χ3v) is 7.21. The number of carbonyl (C=O) groups is 1. The van der Waals surface area contributed by atoms with Gasteiger partial charge < -0.3 is 4.90 Å². The fraction of sp³-hybridized carbons (Fsp3) is 0.613. The molecule has 3 nitrogen and oxygen atoms in total. The first kappa shape index (κ1) is 26.4. The van der Waals surface area contributed by atoms with E-state index >= 15 is 0 Å². The van der Waals surface area contributed by atoms with E-state index in [-0.39, 0.29) is 5.91 Å². The Morgan fingerprint density at radius 1 is 0.824 bits per heavy atom. The summed E-state index contributed by atoms with van der Waals surface area (Å²) in [5.74, 6) is 0.240. The molecule has 1 atom stereocenters. The number of benzene rings is 1. The molecule has 0 aliphatic carbocycles. The number of allylic oxidation sites excluding steroid dienone is 2. The van der Waals surface area contributed by atoms with Crippen LogP contribution in [0.5, 0.6) is 0 Å². The molecule has 3 heteroatoms. The second-order valence-electron chi connectivity index (χ2n) is 10.1. The van der Waals surface area contributed by atoms with Crippen molar-refractivity contribution in [3.05, 3.63) is 48.7 Å². The van der Waals surface area contributed by atoms with Crippen molar-refractivity contribution < 1.29 is 4.79 Å². The molecule has 2 aromatic rings. The minimum absolute atomic E-state index is 0.240. The lowest BCUT2D eigenvalue weighted by atomic mass is 9.93. The van der Waals surface area contributed by atoms with Crippen LogP contribution in [0, 0.1) is 0 Å². The molecule has 1 aromatic carbocycles. The molecule has 1 aromatic heterocycles. The highest BCUT2D eigenvalue weighted by molar-refractivity contribution is 6.06. The van der Waals surface area contributed by atoms with Crippen LogP contribution in [0.2, 0.25) is 0 Å². The number of nitrogens with zero attached hydrogens (tertiary/aromatic N) is 2. The summed E-state index contributed by atoms with van der Waals surface area (Å²) in [6, 6.07) is 10.5. The molecule has 0 saturated carbocycles. The van der Waals surface area contributed by atoms with E-state index < -0.39 is 0 Å². The fourth-order valence-corrected chi connectivity index (χ4v) is 5.13. The molecule has 186 valence electrons. The Labute approximate surface area is 208 Å². The molecule has 1 aliphatic heterocycles. The highest BCUT2D eigenvalue weighted by Crippen LogP contribution is 2.35. The quantitative estimate of drug-likeness (QED) is 0.126. The monoisotopic (exact) mass is 462 g/mol. The van der Waals surface area contributed by atoms with Crippen LogP contribution >= 0.6 is 0 Å². The van der Waals surface area contributed by atoms with Crippen molar-refractivity contribution in [3.63, 3.8) is 0 Å². The number of aromatic nitrogens is 1. The Kier molecular flexibility index (Phi) is 12.2. The second-order valence-corrected chi connectivity index (χ2v) is 10.1. The number of carbonyl (C=O) groups excluding carboxylic acids is 1. The van der Waals surface area contributed by atoms with Gasteiger partial charge in [0.1, 0.15) is 0 Å². The van der Waals surface area contributed by atoms with E-state index in [9.17, 15) is 4.79 Å². The molecule has 1 fully saturated rings. The van der Waals surface area contributed by atoms with Gasteiger partial charge in [-0.3, -0.25) is 9.78 Å². The smallest absolute Gasteiger partial charge is 0.229 e. The topological polar surface area (TPSA) is 33.2 Å². The zero-order chi connectivity index (χ0) is 23.8. The lowest BCUT2D eigenvalue weighted by Crippen LogP contribution is -2.53. The minimum Gasteiger partial charge on any atom is -0.307 e. The Bertz CT molecular complexity index is 869. The molecule has 1 saturated heterocycles. The number of hydrogen-bond donors (Lipinski definition) is 0. The number of amides is 1. The van der Waals surface area contributed by atoms with E-state index in [4.69, 9.17) is 0 Å². The summed E-state index contributed by atoms with van der Waals surface area (Å²) in [6.45, 7) is 2.28. The SMILES string of the molecule is CCCCCCCC/C=C\CCCCCCCCCC1CC(=O)N1c1cccc2cccnc12. The normalized spacial score (nSPS) is 16.0. The van der Waals surface area contributed by atoms with Crippen LogP contribution in [0.1, 0.15) is 116 Å². The Morgan fingerprint density at radius 3 is 2.12 bits per heavy atom. The predicted octanol–water partition coefficient (Wildman–Crippen LogP) is 9.16. The van der Waals surface area contributed by atoms with Gasteiger partial charge in [0.2, 0.25) is 5.91 Å². The van der Waals surface area contributed by atoms with Gasteiger partial charge in [-0.25, -0.2) is 0 Å². The fourth-order valence-electron chi connectivity index (χ4n) is 5.13. The van der Waals surface area contributed by atoms with Gasteiger partial charge in [-0.05, 0) is 44.2 Å². The first-order valence-corrected chi connectivity index (χ1v) is 14.1. The van der Waals surface area contributed by atoms with E-state index in [1.54, 1.807) is 0 Å². The molecule has 0 bridgehead atoms. The van der Waals surface area contributed by atoms with Gasteiger partial charge >= 0.3 is 0 Å². The Morgan fingerprint density at radius 2 is 1.44 bits per heavy atom. The van der Waals surface area contributed by atoms with E-state index in [0.29, 0.717) is 12.5 Å². The van der Waals surface area contributed by atoms with Crippen LogP contribution in [-0.2, 0) is 4.79 Å². The number of pyridine rings is 1. The molecule has 1 unspecified atom stereocenters. The Balaban J connectivity index is 1.19. The first-order chi connectivity index (χ1) is 16.8. The van der Waals surface area contributed by atoms with Gasteiger partial charge in [0.15, 0.2) is 0 Å². The zero-order valence-electron chi connectivity index (χ0n) is 21.5. The molecule has 1 aliphatic rings. The maximum Gasteiger partial charge on any atom is 0.229 e. The second kappa shape index (κ2) is 15.7. The highest BCUT2D eigenvalue weighted by Gasteiger charge is 2.37. The maximum atomic E-state index is 12.4. The van der Waals surface area contributed by atoms with Gasteiger partial charge in [0.05, 0.1) is 11.2 Å².